The van der Waals surface area contributed by atoms with E-state index in [9.17, 15) is 23.3 Å². The van der Waals surface area contributed by atoms with Crippen molar-refractivity contribution in [3.05, 3.63) is 35.9 Å². The Morgan fingerprint density at radius 3 is 2.57 bits per heavy atom. The molecule has 0 unspecified atom stereocenters. The Labute approximate surface area is 176 Å². The van der Waals surface area contributed by atoms with Crippen LogP contribution in [0.3, 0.4) is 0 Å². The van der Waals surface area contributed by atoms with Crippen LogP contribution in [0.4, 0.5) is 0 Å². The van der Waals surface area contributed by atoms with Gasteiger partial charge in [-0.1, -0.05) is 30.3 Å². The molecule has 3 fully saturated rings. The van der Waals surface area contributed by atoms with Crippen molar-refractivity contribution in [2.75, 3.05) is 24.6 Å². The minimum Gasteiger partial charge on any atom is -0.339 e. The van der Waals surface area contributed by atoms with E-state index in [4.69, 9.17) is 5.73 Å². The first-order valence-electron chi connectivity index (χ1n) is 10.3. The quantitative estimate of drug-likeness (QED) is 0.717. The average molecular weight is 431 g/mol. The highest BCUT2D eigenvalue weighted by molar-refractivity contribution is 7.91. The number of fused-ring (bicyclic) bond motifs is 1. The summed E-state index contributed by atoms with van der Waals surface area (Å²) in [7, 11) is -3.37. The summed E-state index contributed by atoms with van der Waals surface area (Å²) in [6.07, 6.45) is 1.41. The third kappa shape index (κ3) is 3.82. The molecule has 30 heavy (non-hydrogen) atoms. The van der Waals surface area contributed by atoms with E-state index in [-0.39, 0.29) is 35.3 Å². The molecule has 4 rings (SSSR count). The van der Waals surface area contributed by atoms with Crippen LogP contribution >= 0.6 is 0 Å². The second kappa shape index (κ2) is 8.00. The summed E-state index contributed by atoms with van der Waals surface area (Å²) in [5.74, 6) is -1.40. The maximum Gasteiger partial charge on any atom is 0.245 e. The minimum absolute atomic E-state index is 0.0215. The Balaban J connectivity index is 1.54. The van der Waals surface area contributed by atoms with Crippen molar-refractivity contribution in [1.82, 2.24) is 9.80 Å². The molecule has 0 spiro atoms. The predicted molar refractivity (Wildman–Crippen MR) is 110 cm³/mol. The maximum atomic E-state index is 13.4. The average Bonchev–Trinajstić information content (AvgIpc) is 3.35. The summed E-state index contributed by atoms with van der Waals surface area (Å²) in [6.45, 7) is 0.767. The van der Waals surface area contributed by atoms with Gasteiger partial charge in [0.2, 0.25) is 11.8 Å². The van der Waals surface area contributed by atoms with Gasteiger partial charge in [-0.3, -0.25) is 9.59 Å². The van der Waals surface area contributed by atoms with E-state index >= 15 is 0 Å². The lowest BCUT2D eigenvalue weighted by Gasteiger charge is -2.35. The summed E-state index contributed by atoms with van der Waals surface area (Å²) in [5, 5.41) is 9.62. The second-order valence-corrected chi connectivity index (χ2v) is 10.7. The molecule has 0 saturated carbocycles. The van der Waals surface area contributed by atoms with Crippen LogP contribution in [0.5, 0.6) is 0 Å². The minimum atomic E-state index is -3.37. The number of carbonyl (C=O) groups excluding carboxylic acids is 2. The SMILES string of the molecule is N#C[C@H]1CN(C(=O)[C@@H]2CC[C@@H]3CCS(=O)(=O)C[C@H](N)C(=O)N32)C[C@@H]1c1ccccc1. The van der Waals surface area contributed by atoms with E-state index in [1.807, 2.05) is 30.3 Å². The number of nitriles is 1. The molecule has 0 aliphatic carbocycles. The molecule has 2 amide bonds. The molecule has 3 aliphatic heterocycles. The van der Waals surface area contributed by atoms with Gasteiger partial charge in [-0.25, -0.2) is 8.42 Å². The first kappa shape index (κ1) is 20.8. The van der Waals surface area contributed by atoms with Crippen LogP contribution in [0.1, 0.15) is 30.7 Å². The molecule has 0 bridgehead atoms. The number of amides is 2. The molecule has 3 heterocycles. The van der Waals surface area contributed by atoms with Crippen molar-refractivity contribution in [3.63, 3.8) is 0 Å². The fraction of sp³-hybridized carbons (Fsp3) is 0.571. The van der Waals surface area contributed by atoms with Crippen molar-refractivity contribution < 1.29 is 18.0 Å². The summed E-state index contributed by atoms with van der Waals surface area (Å²) in [6, 6.07) is 9.95. The van der Waals surface area contributed by atoms with Gasteiger partial charge in [-0.2, -0.15) is 5.26 Å². The van der Waals surface area contributed by atoms with Gasteiger partial charge in [0.1, 0.15) is 6.04 Å². The number of nitrogens with zero attached hydrogens (tertiary/aromatic N) is 3. The van der Waals surface area contributed by atoms with Crippen molar-refractivity contribution >= 4 is 21.7 Å². The fourth-order valence-corrected chi connectivity index (χ4v) is 6.53. The Hall–Kier alpha value is -2.44. The number of likely N-dealkylation sites (tertiary alicyclic amines) is 1. The van der Waals surface area contributed by atoms with Gasteiger partial charge in [-0.05, 0) is 24.8 Å². The number of hydrogen-bond donors (Lipinski definition) is 1. The first-order valence-corrected chi connectivity index (χ1v) is 12.1. The van der Waals surface area contributed by atoms with E-state index in [1.54, 1.807) is 9.80 Å². The maximum absolute atomic E-state index is 13.4. The van der Waals surface area contributed by atoms with Gasteiger partial charge in [0.25, 0.3) is 0 Å². The highest BCUT2D eigenvalue weighted by atomic mass is 32.2. The smallest absolute Gasteiger partial charge is 0.245 e. The molecule has 1 aromatic carbocycles. The van der Waals surface area contributed by atoms with Crippen LogP contribution in [0, 0.1) is 17.2 Å². The number of hydrogen-bond acceptors (Lipinski definition) is 6. The van der Waals surface area contributed by atoms with E-state index in [1.165, 1.54) is 0 Å². The Bertz CT molecular complexity index is 974. The largest absolute Gasteiger partial charge is 0.339 e. The lowest BCUT2D eigenvalue weighted by atomic mass is 9.90. The van der Waals surface area contributed by atoms with E-state index in [0.717, 1.165) is 5.56 Å². The lowest BCUT2D eigenvalue weighted by molar-refractivity contribution is -0.145. The van der Waals surface area contributed by atoms with Crippen LogP contribution < -0.4 is 5.73 Å². The standard InChI is InChI=1S/C21H26N4O4S/c22-10-15-11-24(12-17(15)14-4-2-1-3-5-14)21(27)19-7-6-16-8-9-30(28,29)13-18(23)20(26)25(16)19/h1-5,15-19H,6-9,11-13,23H2/t15-,16+,17+,18-,19-/m0/s1. The van der Waals surface area contributed by atoms with Gasteiger partial charge in [0.05, 0.1) is 29.5 Å². The van der Waals surface area contributed by atoms with E-state index < -0.39 is 27.8 Å². The zero-order valence-corrected chi connectivity index (χ0v) is 17.5. The van der Waals surface area contributed by atoms with Crippen molar-refractivity contribution in [2.45, 2.75) is 43.3 Å². The Morgan fingerprint density at radius 1 is 1.13 bits per heavy atom. The van der Waals surface area contributed by atoms with Crippen LogP contribution in [0.25, 0.3) is 0 Å². The second-order valence-electron chi connectivity index (χ2n) is 8.50. The van der Waals surface area contributed by atoms with Gasteiger partial charge >= 0.3 is 0 Å². The summed E-state index contributed by atoms with van der Waals surface area (Å²) in [5.41, 5.74) is 6.92. The number of rotatable bonds is 2. The van der Waals surface area contributed by atoms with E-state index in [0.29, 0.717) is 32.4 Å². The molecule has 5 atom stereocenters. The normalized spacial score (nSPS) is 33.5. The first-order chi connectivity index (χ1) is 14.3. The molecule has 9 heteroatoms. The molecule has 1 aromatic rings. The zero-order valence-electron chi connectivity index (χ0n) is 16.7. The molecule has 160 valence electrons. The van der Waals surface area contributed by atoms with Crippen LogP contribution in [0.2, 0.25) is 0 Å². The lowest BCUT2D eigenvalue weighted by Crippen LogP contribution is -2.57. The number of nitrogens with two attached hydrogens (primary N) is 1. The molecule has 3 aliphatic rings. The highest BCUT2D eigenvalue weighted by Gasteiger charge is 2.47. The van der Waals surface area contributed by atoms with Crippen molar-refractivity contribution in [3.8, 4) is 6.07 Å². The fourth-order valence-electron chi connectivity index (χ4n) is 5.04. The molecule has 2 N–H and O–H groups in total. The number of sulfone groups is 1. The third-order valence-corrected chi connectivity index (χ3v) is 8.30. The van der Waals surface area contributed by atoms with E-state index in [2.05, 4.69) is 6.07 Å². The molecule has 3 saturated heterocycles. The third-order valence-electron chi connectivity index (χ3n) is 6.58. The highest BCUT2D eigenvalue weighted by Crippen LogP contribution is 2.35. The van der Waals surface area contributed by atoms with Crippen molar-refractivity contribution in [2.24, 2.45) is 11.7 Å². The van der Waals surface area contributed by atoms with Gasteiger partial charge in [0, 0.05) is 25.0 Å². The summed E-state index contributed by atoms with van der Waals surface area (Å²) in [4.78, 5) is 29.5. The van der Waals surface area contributed by atoms with Gasteiger partial charge in [-0.15, -0.1) is 0 Å². The monoisotopic (exact) mass is 430 g/mol. The predicted octanol–water partition coefficient (Wildman–Crippen LogP) is 0.258. The Kier molecular flexibility index (Phi) is 5.55. The molecule has 0 radical (unpaired) electrons. The molecule has 8 nitrogen and oxygen atoms in total. The van der Waals surface area contributed by atoms with Crippen molar-refractivity contribution in [1.29, 1.82) is 5.26 Å². The van der Waals surface area contributed by atoms with Gasteiger partial charge in [0.15, 0.2) is 9.84 Å². The van der Waals surface area contributed by atoms with Crippen LogP contribution in [0.15, 0.2) is 30.3 Å². The number of benzene rings is 1. The molecular weight excluding hydrogens is 404 g/mol. The van der Waals surface area contributed by atoms with Crippen LogP contribution in [-0.2, 0) is 19.4 Å². The summed E-state index contributed by atoms with van der Waals surface area (Å²) < 4.78 is 24.2. The topological polar surface area (TPSA) is 125 Å². The molecule has 0 aromatic heterocycles. The van der Waals surface area contributed by atoms with Gasteiger partial charge < -0.3 is 15.5 Å². The number of carbonyl (C=O) groups is 2. The zero-order chi connectivity index (χ0) is 21.5. The van der Waals surface area contributed by atoms with Crippen LogP contribution in [-0.4, -0.2) is 72.8 Å². The Morgan fingerprint density at radius 2 is 1.87 bits per heavy atom. The summed E-state index contributed by atoms with van der Waals surface area (Å²) >= 11 is 0. The molecular formula is C21H26N4O4S.